The average molecular weight is 525 g/mol. The number of hydrogen-bond donors (Lipinski definition) is 8. The Bertz CT molecular complexity index is 881. The van der Waals surface area contributed by atoms with Crippen molar-refractivity contribution in [1.82, 2.24) is 0 Å². The van der Waals surface area contributed by atoms with Crippen molar-refractivity contribution in [3.8, 4) is 0 Å². The summed E-state index contributed by atoms with van der Waals surface area (Å²) in [6.45, 7) is -0.732. The summed E-state index contributed by atoms with van der Waals surface area (Å²) in [7, 11) is 0. The van der Waals surface area contributed by atoms with Crippen LogP contribution in [0.3, 0.4) is 0 Å². The van der Waals surface area contributed by atoms with Crippen LogP contribution < -0.4 is 0 Å². The van der Waals surface area contributed by atoms with Crippen LogP contribution in [0.5, 0.6) is 0 Å². The number of Topliss-reactive ketones (excluding diaryl/α,β-unsaturated/α-hetero) is 1. The Labute approximate surface area is 202 Å². The number of ether oxygens (including phenoxy) is 3. The first kappa shape index (κ1) is 25.7. The minimum atomic E-state index is -2.59. The third-order valence-electron chi connectivity index (χ3n) is 6.67. The minimum Gasteiger partial charge on any atom is -0.503 e. The second-order valence-electron chi connectivity index (χ2n) is 8.61. The molecular weight excluding hydrogens is 496 g/mol. The van der Waals surface area contributed by atoms with Crippen LogP contribution >= 0.6 is 23.5 Å². The van der Waals surface area contributed by atoms with Gasteiger partial charge in [-0.05, 0) is 37.2 Å². The van der Waals surface area contributed by atoms with E-state index in [9.17, 15) is 45.6 Å². The van der Waals surface area contributed by atoms with Gasteiger partial charge in [-0.3, -0.25) is 4.79 Å². The van der Waals surface area contributed by atoms with Crippen molar-refractivity contribution < 1.29 is 59.9 Å². The van der Waals surface area contributed by atoms with Crippen LogP contribution in [0.1, 0.15) is 25.7 Å². The predicted molar refractivity (Wildman–Crippen MR) is 118 cm³/mol. The monoisotopic (exact) mass is 524 g/mol. The third-order valence-corrected chi connectivity index (χ3v) is 10.3. The zero-order valence-electron chi connectivity index (χ0n) is 18.0. The summed E-state index contributed by atoms with van der Waals surface area (Å²) >= 11 is 1.99. The summed E-state index contributed by atoms with van der Waals surface area (Å²) < 4.78 is 14.1. The van der Waals surface area contributed by atoms with Crippen molar-refractivity contribution in [1.29, 1.82) is 0 Å². The van der Waals surface area contributed by atoms with Crippen LogP contribution in [0.15, 0.2) is 23.2 Å². The lowest BCUT2D eigenvalue weighted by molar-refractivity contribution is -0.305. The van der Waals surface area contributed by atoms with Gasteiger partial charge >= 0.3 is 5.95 Å². The van der Waals surface area contributed by atoms with Crippen molar-refractivity contribution in [2.75, 3.05) is 24.7 Å². The van der Waals surface area contributed by atoms with Gasteiger partial charge in [0.1, 0.15) is 12.2 Å². The molecule has 4 rings (SSSR count). The van der Waals surface area contributed by atoms with Gasteiger partial charge in [0.15, 0.2) is 21.1 Å². The Kier molecular flexibility index (Phi) is 6.98. The quantitative estimate of drug-likeness (QED) is 0.241. The molecule has 3 aliphatic heterocycles. The molecule has 0 aromatic rings. The maximum Gasteiger partial charge on any atom is 0.327 e. The number of aliphatic hydroxyl groups excluding tert-OH is 6. The molecule has 3 fully saturated rings. The standard InChI is InChI=1S/C20H28O12S2/c21-10-11(22)16(27)32-17(12(10)23)31-8-18(28)19(29,9-4-1-2-5-30-9)14(25)13(24)15(26)20(18)33-6-3-7-34-20/h9,13-14,17,21-25,27-29H,1-8H2. The van der Waals surface area contributed by atoms with Gasteiger partial charge in [0.25, 0.3) is 6.29 Å². The van der Waals surface area contributed by atoms with Gasteiger partial charge in [0.05, 0.1) is 12.7 Å². The summed E-state index contributed by atoms with van der Waals surface area (Å²) in [5, 5.41) is 84.7. The highest BCUT2D eigenvalue weighted by molar-refractivity contribution is 8.20. The number of aliphatic hydroxyl groups is 8. The summed E-state index contributed by atoms with van der Waals surface area (Å²) in [4.78, 5) is 13.3. The first-order valence-corrected chi connectivity index (χ1v) is 12.8. The zero-order chi connectivity index (χ0) is 24.9. The van der Waals surface area contributed by atoms with Gasteiger partial charge in [-0.15, -0.1) is 23.5 Å². The number of ketones is 1. The Balaban J connectivity index is 1.77. The number of thioether (sulfide) groups is 2. The van der Waals surface area contributed by atoms with Crippen LogP contribution in [0.25, 0.3) is 0 Å². The van der Waals surface area contributed by atoms with E-state index in [2.05, 4.69) is 0 Å². The molecule has 1 spiro atoms. The van der Waals surface area contributed by atoms with Crippen LogP contribution in [-0.4, -0.2) is 111 Å². The normalized spacial score (nSPS) is 41.0. The van der Waals surface area contributed by atoms with Crippen molar-refractivity contribution in [2.45, 2.75) is 65.6 Å². The predicted octanol–water partition coefficient (Wildman–Crippen LogP) is -0.126. The minimum absolute atomic E-state index is 0.214. The highest BCUT2D eigenvalue weighted by Gasteiger charge is 2.77. The summed E-state index contributed by atoms with van der Waals surface area (Å²) in [6.07, 6.45) is -5.08. The van der Waals surface area contributed by atoms with Crippen LogP contribution in [-0.2, 0) is 19.0 Å². The average Bonchev–Trinajstić information content (AvgIpc) is 2.86. The fourth-order valence-electron chi connectivity index (χ4n) is 4.82. The smallest absolute Gasteiger partial charge is 0.327 e. The van der Waals surface area contributed by atoms with Crippen molar-refractivity contribution >= 4 is 29.3 Å². The van der Waals surface area contributed by atoms with E-state index in [1.165, 1.54) is 0 Å². The molecule has 0 amide bonds. The van der Waals surface area contributed by atoms with E-state index < -0.39 is 75.5 Å². The lowest BCUT2D eigenvalue weighted by Crippen LogP contribution is -2.84. The van der Waals surface area contributed by atoms with E-state index in [0.29, 0.717) is 30.8 Å². The Hall–Kier alpha value is -1.39. The highest BCUT2D eigenvalue weighted by atomic mass is 32.2. The first-order chi connectivity index (χ1) is 16.0. The SMILES string of the molecule is O=C1C(O)C(O)C(O)(C2CCCCO2)C(O)(COC2OC(O)=C(O)C(O)=C2O)C12SCCCS2. The molecule has 1 aliphatic carbocycles. The molecule has 0 aromatic carbocycles. The molecular formula is C20H28O12S2. The lowest BCUT2D eigenvalue weighted by Gasteiger charge is -2.61. The molecule has 34 heavy (non-hydrogen) atoms. The molecule has 6 unspecified atom stereocenters. The molecule has 12 nitrogen and oxygen atoms in total. The molecule has 1 saturated carbocycles. The van der Waals surface area contributed by atoms with E-state index in [1.54, 1.807) is 0 Å². The number of carbonyl (C=O) groups is 1. The molecule has 2 saturated heterocycles. The Morgan fingerprint density at radius 1 is 1.00 bits per heavy atom. The summed E-state index contributed by atoms with van der Waals surface area (Å²) in [6, 6.07) is 0. The molecule has 0 aromatic heterocycles. The molecule has 0 bridgehead atoms. The Morgan fingerprint density at radius 3 is 2.29 bits per heavy atom. The fourth-order valence-corrected chi connectivity index (χ4v) is 8.43. The molecule has 192 valence electrons. The maximum atomic E-state index is 13.3. The number of hydrogen-bond acceptors (Lipinski definition) is 14. The highest BCUT2D eigenvalue weighted by Crippen LogP contribution is 2.59. The van der Waals surface area contributed by atoms with E-state index in [1.807, 2.05) is 0 Å². The zero-order valence-corrected chi connectivity index (χ0v) is 19.6. The van der Waals surface area contributed by atoms with Crippen LogP contribution in [0.2, 0.25) is 0 Å². The molecule has 6 atom stereocenters. The van der Waals surface area contributed by atoms with Crippen molar-refractivity contribution in [3.63, 3.8) is 0 Å². The molecule has 0 radical (unpaired) electrons. The van der Waals surface area contributed by atoms with E-state index in [4.69, 9.17) is 14.2 Å². The van der Waals surface area contributed by atoms with E-state index >= 15 is 0 Å². The third kappa shape index (κ3) is 3.58. The molecule has 4 aliphatic rings. The van der Waals surface area contributed by atoms with Crippen molar-refractivity contribution in [3.05, 3.63) is 23.2 Å². The Morgan fingerprint density at radius 2 is 1.68 bits per heavy atom. The topological polar surface area (TPSA) is 207 Å². The second kappa shape index (κ2) is 9.24. The molecule has 14 heteroatoms. The first-order valence-electron chi connectivity index (χ1n) is 10.8. The van der Waals surface area contributed by atoms with Crippen LogP contribution in [0, 0.1) is 0 Å². The number of carbonyl (C=O) groups excluding carboxylic acids is 1. The number of rotatable bonds is 4. The van der Waals surface area contributed by atoms with E-state index in [-0.39, 0.29) is 13.0 Å². The maximum absolute atomic E-state index is 13.3. The van der Waals surface area contributed by atoms with Crippen molar-refractivity contribution in [2.24, 2.45) is 0 Å². The summed E-state index contributed by atoms with van der Waals surface area (Å²) in [5.74, 6) is -4.57. The van der Waals surface area contributed by atoms with Gasteiger partial charge < -0.3 is 55.1 Å². The molecule has 3 heterocycles. The van der Waals surface area contributed by atoms with Gasteiger partial charge in [-0.1, -0.05) is 0 Å². The van der Waals surface area contributed by atoms with Gasteiger partial charge in [0, 0.05) is 6.61 Å². The van der Waals surface area contributed by atoms with Crippen LogP contribution in [0.4, 0.5) is 0 Å². The summed E-state index contributed by atoms with van der Waals surface area (Å²) in [5.41, 5.74) is -5.18. The molecule has 8 N–H and O–H groups in total. The van der Waals surface area contributed by atoms with Gasteiger partial charge in [-0.2, -0.15) is 0 Å². The van der Waals surface area contributed by atoms with Gasteiger partial charge in [-0.25, -0.2) is 0 Å². The second-order valence-corrected chi connectivity index (χ2v) is 11.5. The largest absolute Gasteiger partial charge is 0.503 e. The lowest BCUT2D eigenvalue weighted by atomic mass is 9.63. The fraction of sp³-hybridized carbons (Fsp3) is 0.750. The van der Waals surface area contributed by atoms with E-state index in [0.717, 1.165) is 23.5 Å². The van der Waals surface area contributed by atoms with Gasteiger partial charge in [0.2, 0.25) is 17.3 Å².